The Hall–Kier alpha value is -1.53. The normalized spacial score (nSPS) is 16.7. The number of hydrogen-bond acceptors (Lipinski definition) is 0. The number of fused-ring (bicyclic) bond motifs is 3. The molecule has 3 aromatic rings. The van der Waals surface area contributed by atoms with E-state index in [0.29, 0.717) is 9.54 Å². The molecule has 3 heteroatoms. The monoisotopic (exact) mass is 676 g/mol. The van der Waals surface area contributed by atoms with E-state index in [4.69, 9.17) is 0 Å². The summed E-state index contributed by atoms with van der Waals surface area (Å²) < 4.78 is 5.02. The van der Waals surface area contributed by atoms with Crippen molar-refractivity contribution in [2.24, 2.45) is 11.3 Å². The van der Waals surface area contributed by atoms with Gasteiger partial charge in [0.1, 0.15) is 0 Å². The molecule has 1 unspecified atom stereocenters. The SMILES string of the molecule is CCC1C=C(C(C)(C)C)C=[C]1/[Zr+2](=[CH]\c1ccccc1)[CH]1c2cc(C(C)(C)C)ccc2-c2ccc(C(C)(C)C)cc21.[Cl-].[Cl-]. The minimum atomic E-state index is -2.51. The summed E-state index contributed by atoms with van der Waals surface area (Å²) in [5, 5.41) is 0. The summed E-state index contributed by atoms with van der Waals surface area (Å²) in [4.78, 5) is 0. The van der Waals surface area contributed by atoms with Crippen LogP contribution in [0.5, 0.6) is 0 Å². The smallest absolute Gasteiger partial charge is 1.00 e. The second kappa shape index (κ2) is 12.8. The summed E-state index contributed by atoms with van der Waals surface area (Å²) in [5.74, 6) is 0.549. The first-order chi connectivity index (χ1) is 18.7. The molecule has 0 nitrogen and oxygen atoms in total. The molecule has 0 amide bonds. The predicted molar refractivity (Wildman–Crippen MR) is 172 cm³/mol. The molecule has 0 aromatic heterocycles. The summed E-state index contributed by atoms with van der Waals surface area (Å²) >= 11 is -2.51. The Labute approximate surface area is 276 Å². The first-order valence-corrected chi connectivity index (χ1v) is 19.3. The predicted octanol–water partition coefficient (Wildman–Crippen LogP) is 4.72. The van der Waals surface area contributed by atoms with Crippen LogP contribution in [-0.2, 0) is 32.1 Å². The summed E-state index contributed by atoms with van der Waals surface area (Å²) in [6, 6.07) is 26.0. The molecule has 2 aliphatic rings. The summed E-state index contributed by atoms with van der Waals surface area (Å²) in [7, 11) is 0. The number of allylic oxidation sites excluding steroid dienone is 4. The van der Waals surface area contributed by atoms with E-state index >= 15 is 0 Å². The molecule has 1 atom stereocenters. The van der Waals surface area contributed by atoms with Crippen molar-refractivity contribution in [1.29, 1.82) is 0 Å². The Balaban J connectivity index is 0.00000242. The molecule has 0 aliphatic heterocycles. The number of benzene rings is 3. The van der Waals surface area contributed by atoms with Gasteiger partial charge in [-0.3, -0.25) is 0 Å². The van der Waals surface area contributed by atoms with Gasteiger partial charge in [0.15, 0.2) is 0 Å². The number of halogens is 2. The van der Waals surface area contributed by atoms with E-state index in [1.54, 1.807) is 14.4 Å². The van der Waals surface area contributed by atoms with Gasteiger partial charge in [0, 0.05) is 0 Å². The van der Waals surface area contributed by atoms with Crippen LogP contribution < -0.4 is 24.8 Å². The van der Waals surface area contributed by atoms with Crippen LogP contribution in [0.2, 0.25) is 0 Å². The zero-order valence-electron chi connectivity index (χ0n) is 27.2. The van der Waals surface area contributed by atoms with Crippen molar-refractivity contribution in [1.82, 2.24) is 0 Å². The Morgan fingerprint density at radius 2 is 1.17 bits per heavy atom. The molecule has 222 valence electrons. The molecule has 0 radical (unpaired) electrons. The van der Waals surface area contributed by atoms with Crippen molar-refractivity contribution in [3.8, 4) is 11.1 Å². The zero-order valence-corrected chi connectivity index (χ0v) is 31.2. The van der Waals surface area contributed by atoms with Crippen LogP contribution in [0.3, 0.4) is 0 Å². The van der Waals surface area contributed by atoms with Crippen LogP contribution in [0.15, 0.2) is 87.7 Å². The van der Waals surface area contributed by atoms with E-state index in [9.17, 15) is 0 Å². The number of rotatable bonds is 4. The van der Waals surface area contributed by atoms with E-state index in [0.717, 1.165) is 0 Å². The average molecular weight is 679 g/mol. The average Bonchev–Trinajstić information content (AvgIpc) is 3.46. The molecule has 0 spiro atoms. The van der Waals surface area contributed by atoms with Crippen LogP contribution in [0.1, 0.15) is 107 Å². The largest absolute Gasteiger partial charge is 1.00 e. The van der Waals surface area contributed by atoms with Crippen molar-refractivity contribution >= 4 is 3.71 Å². The quantitative estimate of drug-likeness (QED) is 0.375. The molecule has 2 aliphatic carbocycles. The van der Waals surface area contributed by atoms with Crippen LogP contribution >= 0.6 is 0 Å². The van der Waals surface area contributed by atoms with Crippen molar-refractivity contribution in [3.05, 3.63) is 116 Å². The van der Waals surface area contributed by atoms with Crippen molar-refractivity contribution in [2.75, 3.05) is 0 Å². The fourth-order valence-electron chi connectivity index (χ4n) is 6.32. The molecular formula is C39H48Cl2Zr. The zero-order chi connectivity index (χ0) is 29.0. The maximum atomic E-state index is 2.77. The fourth-order valence-corrected chi connectivity index (χ4v) is 14.7. The third-order valence-electron chi connectivity index (χ3n) is 8.91. The standard InChI is InChI=1S/C21H25.C11H17.C7H6.2ClH.Zr/c1-20(2,3)16-7-9-18-14(12-16)11-15-13-17(21(4,5)6)8-10-19(15)18;1-5-9-6-7-10(8-9)11(2,3)4;1-7-5-3-2-4-6-7;;;/h7-13H,1-6H3;7-9H,5H2,1-4H3;1-6H;2*1H;/q;;;;;+2/p-2. The minimum absolute atomic E-state index is 0. The van der Waals surface area contributed by atoms with Crippen LogP contribution in [0, 0.1) is 11.3 Å². The van der Waals surface area contributed by atoms with Gasteiger partial charge in [-0.1, -0.05) is 0 Å². The van der Waals surface area contributed by atoms with Crippen molar-refractivity contribution < 1.29 is 46.1 Å². The maximum Gasteiger partial charge on any atom is -1.00 e. The van der Waals surface area contributed by atoms with E-state index in [1.807, 2.05) is 0 Å². The van der Waals surface area contributed by atoms with Gasteiger partial charge in [0.05, 0.1) is 0 Å². The molecule has 5 rings (SSSR count). The van der Waals surface area contributed by atoms with Crippen LogP contribution in [0.4, 0.5) is 0 Å². The van der Waals surface area contributed by atoms with E-state index in [-0.39, 0.29) is 41.1 Å². The van der Waals surface area contributed by atoms with Gasteiger partial charge >= 0.3 is 253 Å². The van der Waals surface area contributed by atoms with Gasteiger partial charge in [-0.05, 0) is 0 Å². The Morgan fingerprint density at radius 1 is 0.667 bits per heavy atom. The van der Waals surface area contributed by atoms with E-state index in [1.165, 1.54) is 39.8 Å². The molecule has 3 aromatic carbocycles. The first-order valence-electron chi connectivity index (χ1n) is 15.2. The van der Waals surface area contributed by atoms with Gasteiger partial charge in [-0.2, -0.15) is 0 Å². The van der Waals surface area contributed by atoms with Gasteiger partial charge in [0.25, 0.3) is 0 Å². The van der Waals surface area contributed by atoms with Crippen molar-refractivity contribution in [2.45, 2.75) is 90.1 Å². The second-order valence-electron chi connectivity index (χ2n) is 15.0. The maximum absolute atomic E-state index is 2.77. The molecular weight excluding hydrogens is 631 g/mol. The summed E-state index contributed by atoms with van der Waals surface area (Å²) in [6.07, 6.45) is 6.44. The van der Waals surface area contributed by atoms with E-state index in [2.05, 4.69) is 152 Å². The molecule has 0 heterocycles. The molecule has 0 fully saturated rings. The summed E-state index contributed by atoms with van der Waals surface area (Å²) in [6.45, 7) is 23.6. The fraction of sp³-hybridized carbons (Fsp3) is 0.410. The van der Waals surface area contributed by atoms with Crippen LogP contribution in [0.25, 0.3) is 11.1 Å². The van der Waals surface area contributed by atoms with Gasteiger partial charge in [0.2, 0.25) is 0 Å². The van der Waals surface area contributed by atoms with Gasteiger partial charge in [-0.25, -0.2) is 0 Å². The summed E-state index contributed by atoms with van der Waals surface area (Å²) in [5.41, 5.74) is 12.3. The topological polar surface area (TPSA) is 0 Å². The van der Waals surface area contributed by atoms with Crippen molar-refractivity contribution in [3.63, 3.8) is 0 Å². The minimum Gasteiger partial charge on any atom is -1.00 e. The Bertz CT molecular complexity index is 1460. The third kappa shape index (κ3) is 6.90. The van der Waals surface area contributed by atoms with Crippen LogP contribution in [-0.4, -0.2) is 3.71 Å². The Kier molecular flexibility index (Phi) is 10.7. The van der Waals surface area contributed by atoms with Gasteiger partial charge < -0.3 is 24.8 Å². The van der Waals surface area contributed by atoms with E-state index < -0.39 is 21.3 Å². The van der Waals surface area contributed by atoms with Gasteiger partial charge in [-0.15, -0.1) is 0 Å². The Morgan fingerprint density at radius 3 is 1.60 bits per heavy atom. The number of hydrogen-bond donors (Lipinski definition) is 0. The molecule has 0 bridgehead atoms. The molecule has 42 heavy (non-hydrogen) atoms. The molecule has 0 saturated heterocycles. The third-order valence-corrected chi connectivity index (χ3v) is 16.5. The molecule has 0 saturated carbocycles. The second-order valence-corrected chi connectivity index (χ2v) is 20.8. The molecule has 0 N–H and O–H groups in total. The first kappa shape index (κ1) is 35.0.